The minimum absolute atomic E-state index is 0.243. The van der Waals surface area contributed by atoms with Crippen LogP contribution in [0.2, 0.25) is 0 Å². The Kier molecular flexibility index (Phi) is 2.07. The van der Waals surface area contributed by atoms with E-state index in [4.69, 9.17) is 5.73 Å². The number of nitrogens with two attached hydrogens (primary N) is 1. The number of nitrogen functional groups attached to an aromatic ring is 1. The van der Waals surface area contributed by atoms with E-state index in [0.717, 1.165) is 0 Å². The first-order valence-corrected chi connectivity index (χ1v) is 4.60. The minimum Gasteiger partial charge on any atom is -0.398 e. The van der Waals surface area contributed by atoms with E-state index in [1.807, 2.05) is 0 Å². The fourth-order valence-electron chi connectivity index (χ4n) is 1.50. The summed E-state index contributed by atoms with van der Waals surface area (Å²) in [5.74, 6) is -0.568. The van der Waals surface area contributed by atoms with Crippen LogP contribution in [0.1, 0.15) is 17.3 Å². The number of nitrogens with one attached hydrogen (secondary N) is 2. The summed E-state index contributed by atoms with van der Waals surface area (Å²) in [7, 11) is 0. The van der Waals surface area contributed by atoms with Crippen LogP contribution in [-0.2, 0) is 4.79 Å². The van der Waals surface area contributed by atoms with Crippen molar-refractivity contribution in [2.75, 3.05) is 11.1 Å². The number of anilines is 2. The number of fused-ring (bicyclic) bond motifs is 1. The second kappa shape index (κ2) is 3.27. The van der Waals surface area contributed by atoms with Crippen LogP contribution >= 0.6 is 0 Å². The van der Waals surface area contributed by atoms with Gasteiger partial charge < -0.3 is 16.4 Å². The SMILES string of the molecule is CC1NC(=O)c2c(N)cccc2NC1=O. The molecule has 1 aliphatic rings. The first kappa shape index (κ1) is 9.51. The van der Waals surface area contributed by atoms with Crippen molar-refractivity contribution in [2.24, 2.45) is 0 Å². The maximum atomic E-state index is 11.7. The van der Waals surface area contributed by atoms with Gasteiger partial charge >= 0.3 is 0 Å². The summed E-state index contributed by atoms with van der Waals surface area (Å²) in [6, 6.07) is 4.42. The van der Waals surface area contributed by atoms with Gasteiger partial charge in [0.2, 0.25) is 5.91 Å². The Labute approximate surface area is 86.6 Å². The number of amides is 2. The van der Waals surface area contributed by atoms with Crippen molar-refractivity contribution in [1.82, 2.24) is 5.32 Å². The number of hydrogen-bond acceptors (Lipinski definition) is 3. The van der Waals surface area contributed by atoms with Crippen molar-refractivity contribution in [3.05, 3.63) is 23.8 Å². The lowest BCUT2D eigenvalue weighted by Crippen LogP contribution is -2.38. The molecule has 0 aromatic heterocycles. The summed E-state index contributed by atoms with van der Waals surface area (Å²) >= 11 is 0. The second-order valence-corrected chi connectivity index (χ2v) is 3.45. The summed E-state index contributed by atoms with van der Waals surface area (Å²) in [5.41, 5.74) is 6.83. The Morgan fingerprint density at radius 1 is 1.33 bits per heavy atom. The number of carbonyl (C=O) groups is 2. The molecule has 2 rings (SSSR count). The van der Waals surface area contributed by atoms with E-state index in [9.17, 15) is 9.59 Å². The molecule has 5 heteroatoms. The molecule has 4 N–H and O–H groups in total. The first-order chi connectivity index (χ1) is 7.09. The number of carbonyl (C=O) groups excluding carboxylic acids is 2. The molecule has 15 heavy (non-hydrogen) atoms. The second-order valence-electron chi connectivity index (χ2n) is 3.45. The van der Waals surface area contributed by atoms with Crippen molar-refractivity contribution in [2.45, 2.75) is 13.0 Å². The van der Waals surface area contributed by atoms with Crippen LogP contribution in [0.25, 0.3) is 0 Å². The van der Waals surface area contributed by atoms with Crippen LogP contribution in [-0.4, -0.2) is 17.9 Å². The average Bonchev–Trinajstić information content (AvgIpc) is 2.26. The number of benzene rings is 1. The zero-order valence-electron chi connectivity index (χ0n) is 8.20. The van der Waals surface area contributed by atoms with Gasteiger partial charge in [-0.15, -0.1) is 0 Å². The van der Waals surface area contributed by atoms with E-state index in [1.165, 1.54) is 0 Å². The lowest BCUT2D eigenvalue weighted by atomic mass is 10.1. The van der Waals surface area contributed by atoms with Gasteiger partial charge in [-0.25, -0.2) is 0 Å². The Morgan fingerprint density at radius 2 is 2.07 bits per heavy atom. The van der Waals surface area contributed by atoms with E-state index in [-0.39, 0.29) is 11.8 Å². The van der Waals surface area contributed by atoms with Crippen LogP contribution in [0, 0.1) is 0 Å². The third-order valence-electron chi connectivity index (χ3n) is 2.32. The molecule has 1 unspecified atom stereocenters. The molecule has 0 spiro atoms. The fourth-order valence-corrected chi connectivity index (χ4v) is 1.50. The summed E-state index contributed by atoms with van der Waals surface area (Å²) in [5, 5.41) is 5.20. The monoisotopic (exact) mass is 205 g/mol. The molecule has 1 aromatic rings. The lowest BCUT2D eigenvalue weighted by Gasteiger charge is -2.06. The number of rotatable bonds is 0. The quantitative estimate of drug-likeness (QED) is 0.534. The molecule has 5 nitrogen and oxygen atoms in total. The molecule has 0 bridgehead atoms. The standard InChI is InChI=1S/C10H11N3O2/c1-5-9(14)13-7-4-2-3-6(11)8(7)10(15)12-5/h2-5H,11H2,1H3,(H,12,15)(H,13,14). The van der Waals surface area contributed by atoms with Crippen molar-refractivity contribution >= 4 is 23.2 Å². The molecular weight excluding hydrogens is 194 g/mol. The predicted octanol–water partition coefficient (Wildman–Crippen LogP) is 0.339. The van der Waals surface area contributed by atoms with Gasteiger partial charge in [-0.2, -0.15) is 0 Å². The average molecular weight is 205 g/mol. The molecule has 1 heterocycles. The van der Waals surface area contributed by atoms with Gasteiger partial charge in [0.1, 0.15) is 6.04 Å². The molecule has 1 aliphatic heterocycles. The molecule has 78 valence electrons. The van der Waals surface area contributed by atoms with Gasteiger partial charge in [-0.05, 0) is 19.1 Å². The van der Waals surface area contributed by atoms with Crippen molar-refractivity contribution in [1.29, 1.82) is 0 Å². The van der Waals surface area contributed by atoms with E-state index in [0.29, 0.717) is 16.9 Å². The van der Waals surface area contributed by atoms with Crippen LogP contribution < -0.4 is 16.4 Å². The molecular formula is C10H11N3O2. The van der Waals surface area contributed by atoms with Gasteiger partial charge in [0, 0.05) is 5.69 Å². The third-order valence-corrected chi connectivity index (χ3v) is 2.32. The van der Waals surface area contributed by atoms with E-state index >= 15 is 0 Å². The maximum absolute atomic E-state index is 11.7. The highest BCUT2D eigenvalue weighted by atomic mass is 16.2. The summed E-state index contributed by atoms with van der Waals surface area (Å²) in [6.45, 7) is 1.62. The molecule has 0 radical (unpaired) electrons. The van der Waals surface area contributed by atoms with Gasteiger partial charge in [0.05, 0.1) is 11.3 Å². The van der Waals surface area contributed by atoms with Crippen molar-refractivity contribution in [3.8, 4) is 0 Å². The Hall–Kier alpha value is -2.04. The predicted molar refractivity (Wildman–Crippen MR) is 56.4 cm³/mol. The highest BCUT2D eigenvalue weighted by Crippen LogP contribution is 2.23. The molecule has 1 atom stereocenters. The van der Waals surface area contributed by atoms with Gasteiger partial charge in [0.15, 0.2) is 0 Å². The summed E-state index contributed by atoms with van der Waals surface area (Å²) in [4.78, 5) is 23.2. The zero-order valence-corrected chi connectivity index (χ0v) is 8.20. The largest absolute Gasteiger partial charge is 0.398 e. The van der Waals surface area contributed by atoms with E-state index in [1.54, 1.807) is 25.1 Å². The molecule has 1 aromatic carbocycles. The topological polar surface area (TPSA) is 84.2 Å². The molecule has 0 saturated heterocycles. The smallest absolute Gasteiger partial charge is 0.256 e. The fraction of sp³-hybridized carbons (Fsp3) is 0.200. The Morgan fingerprint density at radius 3 is 2.80 bits per heavy atom. The van der Waals surface area contributed by atoms with Crippen molar-refractivity contribution < 1.29 is 9.59 Å². The minimum atomic E-state index is -0.552. The van der Waals surface area contributed by atoms with Gasteiger partial charge in [-0.1, -0.05) is 6.07 Å². The van der Waals surface area contributed by atoms with Crippen LogP contribution in [0.3, 0.4) is 0 Å². The van der Waals surface area contributed by atoms with Crippen LogP contribution in [0.5, 0.6) is 0 Å². The Bertz CT molecular complexity index is 442. The van der Waals surface area contributed by atoms with Gasteiger partial charge in [-0.3, -0.25) is 9.59 Å². The summed E-state index contributed by atoms with van der Waals surface area (Å²) < 4.78 is 0. The molecule has 2 amide bonds. The van der Waals surface area contributed by atoms with Crippen LogP contribution in [0.4, 0.5) is 11.4 Å². The normalized spacial score (nSPS) is 19.9. The number of hydrogen-bond donors (Lipinski definition) is 3. The first-order valence-electron chi connectivity index (χ1n) is 4.60. The molecule has 0 aliphatic carbocycles. The third kappa shape index (κ3) is 1.52. The lowest BCUT2D eigenvalue weighted by molar-refractivity contribution is -0.117. The maximum Gasteiger partial charge on any atom is 0.256 e. The zero-order chi connectivity index (χ0) is 11.0. The molecule has 0 saturated carbocycles. The molecule has 0 fully saturated rings. The highest BCUT2D eigenvalue weighted by molar-refractivity contribution is 6.12. The van der Waals surface area contributed by atoms with E-state index < -0.39 is 6.04 Å². The van der Waals surface area contributed by atoms with Crippen molar-refractivity contribution in [3.63, 3.8) is 0 Å². The van der Waals surface area contributed by atoms with Crippen LogP contribution in [0.15, 0.2) is 18.2 Å². The van der Waals surface area contributed by atoms with Gasteiger partial charge in [0.25, 0.3) is 5.91 Å². The Balaban J connectivity index is 2.56. The summed E-state index contributed by atoms with van der Waals surface area (Å²) in [6.07, 6.45) is 0. The highest BCUT2D eigenvalue weighted by Gasteiger charge is 2.25. The van der Waals surface area contributed by atoms with E-state index in [2.05, 4.69) is 10.6 Å².